The van der Waals surface area contributed by atoms with Crippen molar-refractivity contribution in [2.45, 2.75) is 13.3 Å². The molecule has 0 fully saturated rings. The van der Waals surface area contributed by atoms with Crippen molar-refractivity contribution in [3.8, 4) is 23.0 Å². The van der Waals surface area contributed by atoms with Gasteiger partial charge in [-0.05, 0) is 49.2 Å². The standard InChI is InChI=1S/C17H21NO3/c1-12-11-13(9-10-18)7-8-14(12)21-17-15(19-2)5-4-6-16(17)20-3/h4-8,11H,9-10,18H2,1-3H3. The van der Waals surface area contributed by atoms with Gasteiger partial charge in [-0.15, -0.1) is 0 Å². The first-order chi connectivity index (χ1) is 10.2. The molecule has 0 aliphatic carbocycles. The van der Waals surface area contributed by atoms with E-state index in [9.17, 15) is 0 Å². The molecule has 0 amide bonds. The van der Waals surface area contributed by atoms with Gasteiger partial charge in [-0.2, -0.15) is 0 Å². The first-order valence-corrected chi connectivity index (χ1v) is 6.88. The quantitative estimate of drug-likeness (QED) is 0.885. The number of hydrogen-bond acceptors (Lipinski definition) is 4. The van der Waals surface area contributed by atoms with Crippen molar-refractivity contribution in [1.82, 2.24) is 0 Å². The summed E-state index contributed by atoms with van der Waals surface area (Å²) in [6.45, 7) is 2.65. The van der Waals surface area contributed by atoms with Crippen LogP contribution in [0.5, 0.6) is 23.0 Å². The summed E-state index contributed by atoms with van der Waals surface area (Å²) < 4.78 is 16.7. The maximum Gasteiger partial charge on any atom is 0.211 e. The molecule has 2 N–H and O–H groups in total. The number of rotatable bonds is 6. The Bertz CT molecular complexity index is 589. The first-order valence-electron chi connectivity index (χ1n) is 6.88. The average Bonchev–Trinajstić information content (AvgIpc) is 2.50. The normalized spacial score (nSPS) is 10.3. The van der Waals surface area contributed by atoms with Crippen LogP contribution < -0.4 is 19.9 Å². The van der Waals surface area contributed by atoms with Gasteiger partial charge < -0.3 is 19.9 Å². The van der Waals surface area contributed by atoms with Crippen molar-refractivity contribution in [2.24, 2.45) is 5.73 Å². The minimum atomic E-state index is 0.581. The van der Waals surface area contributed by atoms with E-state index in [1.54, 1.807) is 14.2 Å². The maximum absolute atomic E-state index is 6.01. The van der Waals surface area contributed by atoms with Gasteiger partial charge in [-0.25, -0.2) is 0 Å². The molecule has 2 rings (SSSR count). The zero-order valence-corrected chi connectivity index (χ0v) is 12.7. The Morgan fingerprint density at radius 1 is 0.952 bits per heavy atom. The number of aryl methyl sites for hydroxylation is 1. The Kier molecular flexibility index (Phi) is 5.06. The third kappa shape index (κ3) is 3.47. The Hall–Kier alpha value is -2.20. The zero-order valence-electron chi connectivity index (χ0n) is 12.7. The van der Waals surface area contributed by atoms with E-state index in [-0.39, 0.29) is 0 Å². The van der Waals surface area contributed by atoms with E-state index < -0.39 is 0 Å². The molecule has 0 atom stereocenters. The van der Waals surface area contributed by atoms with Gasteiger partial charge >= 0.3 is 0 Å². The second-order valence-corrected chi connectivity index (χ2v) is 4.73. The number of nitrogens with two attached hydrogens (primary N) is 1. The van der Waals surface area contributed by atoms with Crippen LogP contribution in [0.15, 0.2) is 36.4 Å². The molecule has 0 spiro atoms. The summed E-state index contributed by atoms with van der Waals surface area (Å²) in [5, 5.41) is 0. The summed E-state index contributed by atoms with van der Waals surface area (Å²) in [5.41, 5.74) is 7.84. The molecule has 4 heteroatoms. The summed E-state index contributed by atoms with van der Waals surface area (Å²) in [6, 6.07) is 11.6. The summed E-state index contributed by atoms with van der Waals surface area (Å²) in [7, 11) is 3.22. The highest BCUT2D eigenvalue weighted by molar-refractivity contribution is 5.54. The van der Waals surface area contributed by atoms with Crippen LogP contribution in [0.3, 0.4) is 0 Å². The van der Waals surface area contributed by atoms with Gasteiger partial charge in [0.25, 0.3) is 0 Å². The summed E-state index contributed by atoms with van der Waals surface area (Å²) >= 11 is 0. The van der Waals surface area contributed by atoms with Crippen LogP contribution >= 0.6 is 0 Å². The van der Waals surface area contributed by atoms with E-state index in [0.717, 1.165) is 17.7 Å². The molecule has 0 heterocycles. The highest BCUT2D eigenvalue weighted by Gasteiger charge is 2.13. The molecule has 21 heavy (non-hydrogen) atoms. The van der Waals surface area contributed by atoms with E-state index in [1.165, 1.54) is 5.56 Å². The fourth-order valence-corrected chi connectivity index (χ4v) is 2.18. The molecule has 0 aliphatic heterocycles. The van der Waals surface area contributed by atoms with Gasteiger partial charge in [-0.1, -0.05) is 18.2 Å². The largest absolute Gasteiger partial charge is 0.493 e. The van der Waals surface area contributed by atoms with Crippen LogP contribution in [0.2, 0.25) is 0 Å². The molecule has 0 aliphatic rings. The van der Waals surface area contributed by atoms with Gasteiger partial charge in [0, 0.05) is 0 Å². The predicted octanol–water partition coefficient (Wildman–Crippen LogP) is 3.31. The van der Waals surface area contributed by atoms with Gasteiger partial charge in [0.2, 0.25) is 5.75 Å². The molecule has 2 aromatic carbocycles. The SMILES string of the molecule is COc1cccc(OC)c1Oc1ccc(CCN)cc1C. The van der Waals surface area contributed by atoms with Crippen LogP contribution in [-0.2, 0) is 6.42 Å². The second-order valence-electron chi connectivity index (χ2n) is 4.73. The van der Waals surface area contributed by atoms with E-state index >= 15 is 0 Å². The van der Waals surface area contributed by atoms with Gasteiger partial charge in [0.1, 0.15) is 5.75 Å². The van der Waals surface area contributed by atoms with Crippen molar-refractivity contribution >= 4 is 0 Å². The van der Waals surface area contributed by atoms with Crippen molar-refractivity contribution in [3.05, 3.63) is 47.5 Å². The highest BCUT2D eigenvalue weighted by atomic mass is 16.5. The molecule has 0 radical (unpaired) electrons. The van der Waals surface area contributed by atoms with Crippen LogP contribution in [0.1, 0.15) is 11.1 Å². The Labute approximate surface area is 125 Å². The lowest BCUT2D eigenvalue weighted by Gasteiger charge is -2.15. The van der Waals surface area contributed by atoms with E-state index in [0.29, 0.717) is 23.8 Å². The fraction of sp³-hybridized carbons (Fsp3) is 0.294. The average molecular weight is 287 g/mol. The van der Waals surface area contributed by atoms with Crippen molar-refractivity contribution < 1.29 is 14.2 Å². The zero-order chi connectivity index (χ0) is 15.2. The fourth-order valence-electron chi connectivity index (χ4n) is 2.18. The second kappa shape index (κ2) is 6.99. The number of ether oxygens (including phenoxy) is 3. The molecule has 112 valence electrons. The van der Waals surface area contributed by atoms with Gasteiger partial charge in [0.15, 0.2) is 11.5 Å². The molecule has 0 bridgehead atoms. The monoisotopic (exact) mass is 287 g/mol. The summed E-state index contributed by atoms with van der Waals surface area (Å²) in [4.78, 5) is 0. The van der Waals surface area contributed by atoms with Crippen LogP contribution in [-0.4, -0.2) is 20.8 Å². The topological polar surface area (TPSA) is 53.7 Å². The van der Waals surface area contributed by atoms with Crippen molar-refractivity contribution in [1.29, 1.82) is 0 Å². The third-order valence-electron chi connectivity index (χ3n) is 3.27. The van der Waals surface area contributed by atoms with Crippen LogP contribution in [0.4, 0.5) is 0 Å². The predicted molar refractivity (Wildman–Crippen MR) is 83.6 cm³/mol. The van der Waals surface area contributed by atoms with Crippen molar-refractivity contribution in [2.75, 3.05) is 20.8 Å². The lowest BCUT2D eigenvalue weighted by Crippen LogP contribution is -2.03. The van der Waals surface area contributed by atoms with Crippen molar-refractivity contribution in [3.63, 3.8) is 0 Å². The minimum Gasteiger partial charge on any atom is -0.493 e. The number of para-hydroxylation sites is 1. The molecule has 0 unspecified atom stereocenters. The molecular formula is C17H21NO3. The molecule has 4 nitrogen and oxygen atoms in total. The Morgan fingerprint density at radius 3 is 2.14 bits per heavy atom. The van der Waals surface area contributed by atoms with E-state index in [4.69, 9.17) is 19.9 Å². The molecule has 0 saturated heterocycles. The number of methoxy groups -OCH3 is 2. The first kappa shape index (κ1) is 15.2. The maximum atomic E-state index is 6.01. The van der Waals surface area contributed by atoms with Crippen LogP contribution in [0, 0.1) is 6.92 Å². The lowest BCUT2D eigenvalue weighted by molar-refractivity contribution is 0.345. The highest BCUT2D eigenvalue weighted by Crippen LogP contribution is 2.40. The molecular weight excluding hydrogens is 266 g/mol. The molecule has 0 saturated carbocycles. The third-order valence-corrected chi connectivity index (χ3v) is 3.27. The number of benzene rings is 2. The van der Waals surface area contributed by atoms with E-state index in [1.807, 2.05) is 37.3 Å². The number of hydrogen-bond donors (Lipinski definition) is 1. The lowest BCUT2D eigenvalue weighted by atomic mass is 10.1. The Morgan fingerprint density at radius 2 is 1.62 bits per heavy atom. The minimum absolute atomic E-state index is 0.581. The summed E-state index contributed by atoms with van der Waals surface area (Å²) in [5.74, 6) is 2.63. The van der Waals surface area contributed by atoms with Gasteiger partial charge in [-0.3, -0.25) is 0 Å². The molecule has 0 aromatic heterocycles. The van der Waals surface area contributed by atoms with Gasteiger partial charge in [0.05, 0.1) is 14.2 Å². The summed E-state index contributed by atoms with van der Waals surface area (Å²) in [6.07, 6.45) is 0.860. The smallest absolute Gasteiger partial charge is 0.211 e. The Balaban J connectivity index is 2.34. The van der Waals surface area contributed by atoms with Crippen LogP contribution in [0.25, 0.3) is 0 Å². The molecule has 2 aromatic rings. The van der Waals surface area contributed by atoms with E-state index in [2.05, 4.69) is 6.07 Å².